The molecule has 5 heteroatoms. The van der Waals surface area contributed by atoms with E-state index in [1.54, 1.807) is 42.5 Å². The van der Waals surface area contributed by atoms with Crippen LogP contribution in [0.15, 0.2) is 102 Å². The minimum atomic E-state index is -3.84. The highest BCUT2D eigenvalue weighted by molar-refractivity contribution is 7.92. The summed E-state index contributed by atoms with van der Waals surface area (Å²) in [5, 5.41) is 1.80. The Bertz CT molecular complexity index is 1280. The number of para-hydroxylation sites is 1. The fraction of sp³-hybridized carbons (Fsp3) is 0.0417. The van der Waals surface area contributed by atoms with Crippen molar-refractivity contribution in [3.05, 3.63) is 108 Å². The second kappa shape index (κ2) is 7.89. The molecule has 0 aromatic heterocycles. The first-order valence-electron chi connectivity index (χ1n) is 9.21. The van der Waals surface area contributed by atoms with Crippen molar-refractivity contribution in [3.8, 4) is 0 Å². The van der Waals surface area contributed by atoms with Crippen LogP contribution in [-0.2, 0) is 16.4 Å². The maximum absolute atomic E-state index is 13.0. The smallest absolute Gasteiger partial charge is 0.261 e. The molecule has 4 aromatic carbocycles. The summed E-state index contributed by atoms with van der Waals surface area (Å²) >= 11 is 0. The van der Waals surface area contributed by atoms with Gasteiger partial charge in [0.1, 0.15) is 0 Å². The fourth-order valence-corrected chi connectivity index (χ4v) is 4.34. The number of benzene rings is 4. The van der Waals surface area contributed by atoms with E-state index in [1.807, 2.05) is 54.6 Å². The van der Waals surface area contributed by atoms with Crippen LogP contribution in [0.3, 0.4) is 0 Å². The first-order chi connectivity index (χ1) is 14.0. The van der Waals surface area contributed by atoms with Crippen LogP contribution < -0.4 is 4.72 Å². The summed E-state index contributed by atoms with van der Waals surface area (Å²) in [5.41, 5.74) is 1.51. The predicted octanol–water partition coefficient (Wildman–Crippen LogP) is 5.07. The van der Waals surface area contributed by atoms with Crippen LogP contribution in [0.4, 0.5) is 5.69 Å². The number of ketones is 1. The molecule has 0 aliphatic rings. The highest BCUT2D eigenvalue weighted by Crippen LogP contribution is 2.24. The Labute approximate surface area is 169 Å². The predicted molar refractivity (Wildman–Crippen MR) is 116 cm³/mol. The van der Waals surface area contributed by atoms with Crippen LogP contribution >= 0.6 is 0 Å². The van der Waals surface area contributed by atoms with E-state index >= 15 is 0 Å². The molecule has 0 radical (unpaired) electrons. The Balaban J connectivity index is 1.64. The standard InChI is InChI=1S/C24H19NO3S/c26-24(16-18-8-2-1-3-9-18)22-12-6-7-13-23(22)25-29(27,28)21-15-14-19-10-4-5-11-20(19)17-21/h1-15,17,25H,16H2. The van der Waals surface area contributed by atoms with Crippen molar-refractivity contribution in [2.75, 3.05) is 4.72 Å². The molecule has 29 heavy (non-hydrogen) atoms. The van der Waals surface area contributed by atoms with Crippen LogP contribution in [0.5, 0.6) is 0 Å². The van der Waals surface area contributed by atoms with Crippen molar-refractivity contribution < 1.29 is 13.2 Å². The number of Topliss-reactive ketones (excluding diaryl/α,β-unsaturated/α-hetero) is 1. The van der Waals surface area contributed by atoms with Gasteiger partial charge in [0.15, 0.2) is 5.78 Å². The van der Waals surface area contributed by atoms with Gasteiger partial charge in [-0.15, -0.1) is 0 Å². The quantitative estimate of drug-likeness (QED) is 0.459. The summed E-state index contributed by atoms with van der Waals surface area (Å²) in [6, 6.07) is 28.6. The normalized spacial score (nSPS) is 11.3. The zero-order chi connectivity index (χ0) is 20.3. The third-order valence-electron chi connectivity index (χ3n) is 4.71. The summed E-state index contributed by atoms with van der Waals surface area (Å²) in [5.74, 6) is -0.145. The van der Waals surface area contributed by atoms with Crippen LogP contribution in [0, 0.1) is 0 Å². The van der Waals surface area contributed by atoms with Gasteiger partial charge in [-0.25, -0.2) is 8.42 Å². The molecular formula is C24H19NO3S. The van der Waals surface area contributed by atoms with E-state index in [9.17, 15) is 13.2 Å². The molecule has 4 nitrogen and oxygen atoms in total. The molecule has 0 fully saturated rings. The summed E-state index contributed by atoms with van der Waals surface area (Å²) in [4.78, 5) is 13.0. The highest BCUT2D eigenvalue weighted by Gasteiger charge is 2.19. The first kappa shape index (κ1) is 18.9. The van der Waals surface area contributed by atoms with Crippen molar-refractivity contribution in [1.82, 2.24) is 0 Å². The SMILES string of the molecule is O=C(Cc1ccccc1)c1ccccc1NS(=O)(=O)c1ccc2ccccc2c1. The maximum Gasteiger partial charge on any atom is 0.261 e. The fourth-order valence-electron chi connectivity index (χ4n) is 3.23. The van der Waals surface area contributed by atoms with Gasteiger partial charge in [0.05, 0.1) is 10.6 Å². The molecule has 1 N–H and O–H groups in total. The number of anilines is 1. The van der Waals surface area contributed by atoms with E-state index in [4.69, 9.17) is 0 Å². The number of carbonyl (C=O) groups is 1. The zero-order valence-electron chi connectivity index (χ0n) is 15.6. The minimum absolute atomic E-state index is 0.145. The zero-order valence-corrected chi connectivity index (χ0v) is 16.4. The molecule has 0 aliphatic carbocycles. The van der Waals surface area contributed by atoms with Gasteiger partial charge in [-0.1, -0.05) is 72.8 Å². The lowest BCUT2D eigenvalue weighted by Gasteiger charge is -2.13. The topological polar surface area (TPSA) is 63.2 Å². The average molecular weight is 401 g/mol. The summed E-state index contributed by atoms with van der Waals surface area (Å²) in [7, 11) is -3.84. The number of carbonyl (C=O) groups excluding carboxylic acids is 1. The monoisotopic (exact) mass is 401 g/mol. The molecule has 0 spiro atoms. The molecule has 4 rings (SSSR count). The van der Waals surface area contributed by atoms with E-state index in [1.165, 1.54) is 0 Å². The van der Waals surface area contributed by atoms with Crippen LogP contribution in [0.25, 0.3) is 10.8 Å². The molecule has 4 aromatic rings. The molecule has 0 aliphatic heterocycles. The van der Waals surface area contributed by atoms with Crippen molar-refractivity contribution in [1.29, 1.82) is 0 Å². The van der Waals surface area contributed by atoms with Gasteiger partial charge in [0.25, 0.3) is 10.0 Å². The molecular weight excluding hydrogens is 382 g/mol. The molecule has 144 valence electrons. The molecule has 0 bridgehead atoms. The van der Waals surface area contributed by atoms with E-state index in [2.05, 4.69) is 4.72 Å². The molecule has 0 heterocycles. The number of hydrogen-bond acceptors (Lipinski definition) is 3. The van der Waals surface area contributed by atoms with Gasteiger partial charge in [0.2, 0.25) is 0 Å². The summed E-state index contributed by atoms with van der Waals surface area (Å²) in [6.07, 6.45) is 0.204. The number of fused-ring (bicyclic) bond motifs is 1. The Morgan fingerprint density at radius 1 is 0.724 bits per heavy atom. The second-order valence-electron chi connectivity index (χ2n) is 6.75. The van der Waals surface area contributed by atoms with Gasteiger partial charge in [-0.2, -0.15) is 0 Å². The Kier molecular flexibility index (Phi) is 5.14. The number of sulfonamides is 1. The summed E-state index contributed by atoms with van der Waals surface area (Å²) < 4.78 is 28.5. The largest absolute Gasteiger partial charge is 0.294 e. The lowest BCUT2D eigenvalue weighted by molar-refractivity contribution is 0.0994. The molecule has 0 saturated carbocycles. The molecule has 0 amide bonds. The first-order valence-corrected chi connectivity index (χ1v) is 10.7. The van der Waals surface area contributed by atoms with Gasteiger partial charge in [-0.3, -0.25) is 9.52 Å². The average Bonchev–Trinajstić information content (AvgIpc) is 2.74. The Morgan fingerprint density at radius 3 is 2.17 bits per heavy atom. The Morgan fingerprint density at radius 2 is 1.38 bits per heavy atom. The highest BCUT2D eigenvalue weighted by atomic mass is 32.2. The molecule has 0 saturated heterocycles. The van der Waals surface area contributed by atoms with Crippen LogP contribution in [-0.4, -0.2) is 14.2 Å². The van der Waals surface area contributed by atoms with E-state index < -0.39 is 10.0 Å². The lowest BCUT2D eigenvalue weighted by Crippen LogP contribution is -2.16. The maximum atomic E-state index is 13.0. The van der Waals surface area contributed by atoms with E-state index in [-0.39, 0.29) is 22.8 Å². The van der Waals surface area contributed by atoms with Gasteiger partial charge in [-0.05, 0) is 40.6 Å². The summed E-state index contributed by atoms with van der Waals surface area (Å²) in [6.45, 7) is 0. The van der Waals surface area contributed by atoms with Gasteiger partial charge < -0.3 is 0 Å². The van der Waals surface area contributed by atoms with Gasteiger partial charge in [0, 0.05) is 12.0 Å². The molecule has 0 atom stereocenters. The number of nitrogens with one attached hydrogen (secondary N) is 1. The minimum Gasteiger partial charge on any atom is -0.294 e. The van der Waals surface area contributed by atoms with Crippen molar-refractivity contribution in [2.24, 2.45) is 0 Å². The third-order valence-corrected chi connectivity index (χ3v) is 6.07. The molecule has 0 unspecified atom stereocenters. The number of hydrogen-bond donors (Lipinski definition) is 1. The third kappa shape index (κ3) is 4.20. The van der Waals surface area contributed by atoms with Gasteiger partial charge >= 0.3 is 0 Å². The van der Waals surface area contributed by atoms with Crippen molar-refractivity contribution in [3.63, 3.8) is 0 Å². The van der Waals surface area contributed by atoms with Crippen LogP contribution in [0.1, 0.15) is 15.9 Å². The van der Waals surface area contributed by atoms with E-state index in [0.29, 0.717) is 5.56 Å². The lowest BCUT2D eigenvalue weighted by atomic mass is 10.0. The number of rotatable bonds is 6. The Hall–Kier alpha value is -3.44. The second-order valence-corrected chi connectivity index (χ2v) is 8.43. The van der Waals surface area contributed by atoms with E-state index in [0.717, 1.165) is 16.3 Å². The van der Waals surface area contributed by atoms with Crippen molar-refractivity contribution in [2.45, 2.75) is 11.3 Å². The van der Waals surface area contributed by atoms with Crippen LogP contribution in [0.2, 0.25) is 0 Å². The van der Waals surface area contributed by atoms with Crippen molar-refractivity contribution >= 4 is 32.3 Å².